The Kier molecular flexibility index (Phi) is 7.41. The average Bonchev–Trinajstić information content (AvgIpc) is 3.42. The molecule has 2 heterocycles. The lowest BCUT2D eigenvalue weighted by Crippen LogP contribution is -2.46. The van der Waals surface area contributed by atoms with Crippen molar-refractivity contribution in [2.45, 2.75) is 20.1 Å². The first-order chi connectivity index (χ1) is 19.2. The van der Waals surface area contributed by atoms with Crippen LogP contribution in [0.15, 0.2) is 109 Å². The van der Waals surface area contributed by atoms with Crippen LogP contribution >= 0.6 is 0 Å². The van der Waals surface area contributed by atoms with Gasteiger partial charge in [-0.05, 0) is 30.2 Å². The standard InChI is InChI=1S/C34H34N4O/c1-26-11-8-9-16-29(26)25-39-31-18-10-17-30(23-31)38-21-19-37(20-22-38)24-32-35-33(27-12-4-2-5-13-27)34(36-32)28-14-6-3-7-15-28/h2-18,23H,19-22,24-25H2,1H3,(H,35,36). The quantitative estimate of drug-likeness (QED) is 0.243. The monoisotopic (exact) mass is 514 g/mol. The summed E-state index contributed by atoms with van der Waals surface area (Å²) in [5, 5.41) is 0. The number of aryl methyl sites for hydroxylation is 1. The van der Waals surface area contributed by atoms with E-state index in [-0.39, 0.29) is 0 Å². The van der Waals surface area contributed by atoms with Gasteiger partial charge in [-0.1, -0.05) is 91.0 Å². The van der Waals surface area contributed by atoms with Gasteiger partial charge in [0.2, 0.25) is 0 Å². The Balaban J connectivity index is 1.11. The van der Waals surface area contributed by atoms with Gasteiger partial charge in [0, 0.05) is 49.1 Å². The van der Waals surface area contributed by atoms with Crippen LogP contribution in [0.25, 0.3) is 22.5 Å². The van der Waals surface area contributed by atoms with Crippen LogP contribution in [0.1, 0.15) is 17.0 Å². The molecule has 1 aliphatic rings. The van der Waals surface area contributed by atoms with Gasteiger partial charge in [0.15, 0.2) is 0 Å². The summed E-state index contributed by atoms with van der Waals surface area (Å²) in [6.07, 6.45) is 0. The molecule has 0 spiro atoms. The SMILES string of the molecule is Cc1ccccc1COc1cccc(N2CCN(Cc3nc(-c4ccccc4)c(-c4ccccc4)[nH]3)CC2)c1. The van der Waals surface area contributed by atoms with E-state index in [1.807, 2.05) is 12.1 Å². The van der Waals surface area contributed by atoms with Gasteiger partial charge in [-0.25, -0.2) is 4.98 Å². The predicted octanol–water partition coefficient (Wildman–Crippen LogP) is 6.95. The molecule has 5 heteroatoms. The maximum Gasteiger partial charge on any atom is 0.121 e. The molecule has 4 aromatic carbocycles. The Morgan fingerprint density at radius 2 is 1.44 bits per heavy atom. The third-order valence-corrected chi connectivity index (χ3v) is 7.45. The van der Waals surface area contributed by atoms with Crippen LogP contribution in [0.3, 0.4) is 0 Å². The third kappa shape index (κ3) is 5.89. The summed E-state index contributed by atoms with van der Waals surface area (Å²) in [6, 6.07) is 37.8. The first-order valence-corrected chi connectivity index (χ1v) is 13.7. The summed E-state index contributed by atoms with van der Waals surface area (Å²) in [5.74, 6) is 1.92. The fourth-order valence-electron chi connectivity index (χ4n) is 5.19. The number of aromatic amines is 1. The fourth-order valence-corrected chi connectivity index (χ4v) is 5.19. The number of piperazine rings is 1. The predicted molar refractivity (Wildman–Crippen MR) is 159 cm³/mol. The topological polar surface area (TPSA) is 44.4 Å². The molecule has 5 aromatic rings. The number of nitrogens with zero attached hydrogens (tertiary/aromatic N) is 3. The van der Waals surface area contributed by atoms with Crippen molar-refractivity contribution in [3.63, 3.8) is 0 Å². The third-order valence-electron chi connectivity index (χ3n) is 7.45. The van der Waals surface area contributed by atoms with E-state index in [0.717, 1.165) is 66.8 Å². The van der Waals surface area contributed by atoms with Gasteiger partial charge in [-0.15, -0.1) is 0 Å². The van der Waals surface area contributed by atoms with Crippen LogP contribution in [0.4, 0.5) is 5.69 Å². The smallest absolute Gasteiger partial charge is 0.121 e. The van der Waals surface area contributed by atoms with Gasteiger partial charge >= 0.3 is 0 Å². The highest BCUT2D eigenvalue weighted by Gasteiger charge is 2.21. The lowest BCUT2D eigenvalue weighted by Gasteiger charge is -2.35. The van der Waals surface area contributed by atoms with Crippen LogP contribution in [-0.2, 0) is 13.2 Å². The fraction of sp³-hybridized carbons (Fsp3) is 0.206. The van der Waals surface area contributed by atoms with Crippen LogP contribution in [0.2, 0.25) is 0 Å². The van der Waals surface area contributed by atoms with Crippen molar-refractivity contribution in [1.29, 1.82) is 0 Å². The van der Waals surface area contributed by atoms with Gasteiger partial charge in [-0.3, -0.25) is 4.90 Å². The van der Waals surface area contributed by atoms with Gasteiger partial charge < -0.3 is 14.6 Å². The van der Waals surface area contributed by atoms with Crippen molar-refractivity contribution in [2.24, 2.45) is 0 Å². The van der Waals surface area contributed by atoms with Gasteiger partial charge in [-0.2, -0.15) is 0 Å². The van der Waals surface area contributed by atoms with E-state index >= 15 is 0 Å². The van der Waals surface area contributed by atoms with E-state index in [0.29, 0.717) is 6.61 Å². The lowest BCUT2D eigenvalue weighted by atomic mass is 10.1. The molecule has 0 unspecified atom stereocenters. The molecule has 0 atom stereocenters. The highest BCUT2D eigenvalue weighted by atomic mass is 16.5. The van der Waals surface area contributed by atoms with E-state index in [2.05, 4.69) is 119 Å². The number of aromatic nitrogens is 2. The number of anilines is 1. The minimum absolute atomic E-state index is 0.586. The van der Waals surface area contributed by atoms with E-state index < -0.39 is 0 Å². The van der Waals surface area contributed by atoms with Crippen molar-refractivity contribution in [3.05, 3.63) is 126 Å². The zero-order valence-corrected chi connectivity index (χ0v) is 22.4. The van der Waals surface area contributed by atoms with Gasteiger partial charge in [0.05, 0.1) is 17.9 Å². The second-order valence-corrected chi connectivity index (χ2v) is 10.1. The average molecular weight is 515 g/mol. The molecule has 6 rings (SSSR count). The summed E-state index contributed by atoms with van der Waals surface area (Å²) in [6.45, 7) is 7.43. The maximum atomic E-state index is 6.14. The van der Waals surface area contributed by atoms with Crippen molar-refractivity contribution in [2.75, 3.05) is 31.1 Å². The largest absolute Gasteiger partial charge is 0.489 e. The first-order valence-electron chi connectivity index (χ1n) is 13.7. The number of rotatable bonds is 8. The number of imidazole rings is 1. The van der Waals surface area contributed by atoms with Gasteiger partial charge in [0.1, 0.15) is 18.2 Å². The minimum Gasteiger partial charge on any atom is -0.489 e. The molecule has 1 aromatic heterocycles. The summed E-state index contributed by atoms with van der Waals surface area (Å²) < 4.78 is 6.14. The Morgan fingerprint density at radius 1 is 0.744 bits per heavy atom. The number of nitrogens with one attached hydrogen (secondary N) is 1. The molecule has 196 valence electrons. The first kappa shape index (κ1) is 25.0. The number of H-pyrrole nitrogens is 1. The normalized spacial score (nSPS) is 13.9. The zero-order chi connectivity index (χ0) is 26.4. The molecule has 5 nitrogen and oxygen atoms in total. The molecule has 0 bridgehead atoms. The van der Waals surface area contributed by atoms with Crippen LogP contribution in [0.5, 0.6) is 5.75 Å². The maximum absolute atomic E-state index is 6.14. The zero-order valence-electron chi connectivity index (χ0n) is 22.4. The van der Waals surface area contributed by atoms with E-state index in [4.69, 9.17) is 9.72 Å². The van der Waals surface area contributed by atoms with E-state index in [9.17, 15) is 0 Å². The molecule has 0 amide bonds. The number of benzene rings is 4. The summed E-state index contributed by atoms with van der Waals surface area (Å²) in [4.78, 5) is 13.6. The van der Waals surface area contributed by atoms with Crippen molar-refractivity contribution in [3.8, 4) is 28.3 Å². The Labute approximate surface area is 230 Å². The molecule has 39 heavy (non-hydrogen) atoms. The van der Waals surface area contributed by atoms with Crippen LogP contribution < -0.4 is 9.64 Å². The van der Waals surface area contributed by atoms with E-state index in [1.54, 1.807) is 0 Å². The van der Waals surface area contributed by atoms with Gasteiger partial charge in [0.25, 0.3) is 0 Å². The molecular weight excluding hydrogens is 480 g/mol. The summed E-state index contributed by atoms with van der Waals surface area (Å²) in [7, 11) is 0. The second-order valence-electron chi connectivity index (χ2n) is 10.1. The lowest BCUT2D eigenvalue weighted by molar-refractivity contribution is 0.244. The second kappa shape index (κ2) is 11.6. The van der Waals surface area contributed by atoms with Crippen molar-refractivity contribution >= 4 is 5.69 Å². The van der Waals surface area contributed by atoms with E-state index in [1.165, 1.54) is 16.8 Å². The number of hydrogen-bond acceptors (Lipinski definition) is 4. The Bertz CT molecular complexity index is 1450. The summed E-state index contributed by atoms with van der Waals surface area (Å²) in [5.41, 5.74) is 8.08. The van der Waals surface area contributed by atoms with Crippen molar-refractivity contribution in [1.82, 2.24) is 14.9 Å². The molecule has 1 aliphatic heterocycles. The highest BCUT2D eigenvalue weighted by molar-refractivity contribution is 5.78. The molecule has 0 saturated carbocycles. The molecule has 1 N–H and O–H groups in total. The van der Waals surface area contributed by atoms with Crippen LogP contribution in [-0.4, -0.2) is 41.0 Å². The molecule has 0 radical (unpaired) electrons. The highest BCUT2D eigenvalue weighted by Crippen LogP contribution is 2.30. The molecule has 0 aliphatic carbocycles. The van der Waals surface area contributed by atoms with Crippen molar-refractivity contribution < 1.29 is 4.74 Å². The Hall–Kier alpha value is -4.35. The van der Waals surface area contributed by atoms with Crippen LogP contribution in [0, 0.1) is 6.92 Å². The summed E-state index contributed by atoms with van der Waals surface area (Å²) >= 11 is 0. The Morgan fingerprint density at radius 3 is 2.18 bits per heavy atom. The number of ether oxygens (including phenoxy) is 1. The molecule has 1 fully saturated rings. The molecule has 1 saturated heterocycles. The minimum atomic E-state index is 0.586. The molecular formula is C34H34N4O. The number of hydrogen-bond donors (Lipinski definition) is 1.